The minimum atomic E-state index is -0.923. The Morgan fingerprint density at radius 1 is 0.909 bits per heavy atom. The van der Waals surface area contributed by atoms with Crippen LogP contribution >= 0.6 is 0 Å². The number of hydrogen-bond donors (Lipinski definition) is 0. The van der Waals surface area contributed by atoms with Gasteiger partial charge >= 0.3 is 0 Å². The van der Waals surface area contributed by atoms with Gasteiger partial charge in [0.25, 0.3) is 0 Å². The average Bonchev–Trinajstić information content (AvgIpc) is 1.87. The van der Waals surface area contributed by atoms with E-state index in [1.807, 2.05) is 27.7 Å². The smallest absolute Gasteiger partial charge is 0.0996 e. The van der Waals surface area contributed by atoms with Crippen molar-refractivity contribution >= 4 is 21.6 Å². The maximum Gasteiger partial charge on any atom is 0.0996 e. The Hall–Kier alpha value is 0.300. The summed E-state index contributed by atoms with van der Waals surface area (Å²) in [7, 11) is -1.85. The molecule has 0 aliphatic heterocycles. The van der Waals surface area contributed by atoms with Crippen LogP contribution in [0.3, 0.4) is 0 Å². The van der Waals surface area contributed by atoms with E-state index in [4.69, 9.17) is 0 Å². The summed E-state index contributed by atoms with van der Waals surface area (Å²) in [4.78, 5) is 0. The standard InChI is InChI=1S/C7H16O2S2/c1-6(2)10(8)5-11(9)7(3)4/h6-7H,5H2,1-4H3. The molecule has 11 heavy (non-hydrogen) atoms. The van der Waals surface area contributed by atoms with Crippen LogP contribution < -0.4 is 0 Å². The molecule has 0 amide bonds. The first-order valence-electron chi connectivity index (χ1n) is 3.69. The predicted molar refractivity (Wildman–Crippen MR) is 51.4 cm³/mol. The first-order valence-corrected chi connectivity index (χ1v) is 6.46. The normalized spacial score (nSPS) is 17.3. The molecule has 0 saturated carbocycles. The van der Waals surface area contributed by atoms with Gasteiger partial charge < -0.3 is 0 Å². The Bertz CT molecular complexity index is 146. The van der Waals surface area contributed by atoms with Crippen molar-refractivity contribution in [1.29, 1.82) is 0 Å². The summed E-state index contributed by atoms with van der Waals surface area (Å²) >= 11 is 0. The zero-order valence-corrected chi connectivity index (χ0v) is 9.13. The van der Waals surface area contributed by atoms with Crippen LogP contribution in [0.4, 0.5) is 0 Å². The van der Waals surface area contributed by atoms with Crippen LogP contribution in [0.2, 0.25) is 0 Å². The summed E-state index contributed by atoms with van der Waals surface area (Å²) in [6, 6.07) is 0. The van der Waals surface area contributed by atoms with Gasteiger partial charge in [0.05, 0.1) is 5.08 Å². The lowest BCUT2D eigenvalue weighted by Crippen LogP contribution is -2.18. The highest BCUT2D eigenvalue weighted by atomic mass is 32.2. The maximum atomic E-state index is 11.2. The summed E-state index contributed by atoms with van der Waals surface area (Å²) in [5.74, 6) is 0. The second-order valence-electron chi connectivity index (χ2n) is 2.98. The molecular formula is C7H16O2S2. The third-order valence-corrected chi connectivity index (χ3v) is 5.25. The van der Waals surface area contributed by atoms with E-state index in [-0.39, 0.29) is 10.5 Å². The predicted octanol–water partition coefficient (Wildman–Crippen LogP) is 1.26. The number of rotatable bonds is 4. The van der Waals surface area contributed by atoms with Gasteiger partial charge in [-0.3, -0.25) is 8.42 Å². The molecule has 0 aliphatic carbocycles. The van der Waals surface area contributed by atoms with Crippen molar-refractivity contribution in [3.05, 3.63) is 0 Å². The van der Waals surface area contributed by atoms with Crippen LogP contribution in [0.5, 0.6) is 0 Å². The van der Waals surface area contributed by atoms with E-state index in [9.17, 15) is 8.42 Å². The van der Waals surface area contributed by atoms with Crippen molar-refractivity contribution in [2.75, 3.05) is 5.08 Å². The topological polar surface area (TPSA) is 34.1 Å². The molecule has 0 aliphatic rings. The summed E-state index contributed by atoms with van der Waals surface area (Å²) in [5, 5.41) is 0.574. The molecule has 0 aromatic rings. The third-order valence-electron chi connectivity index (χ3n) is 1.28. The third kappa shape index (κ3) is 4.69. The molecule has 4 heteroatoms. The van der Waals surface area contributed by atoms with E-state index in [1.165, 1.54) is 0 Å². The van der Waals surface area contributed by atoms with Crippen LogP contribution in [0, 0.1) is 0 Å². The molecule has 2 atom stereocenters. The number of hydrogen-bond acceptors (Lipinski definition) is 2. The highest BCUT2D eigenvalue weighted by molar-refractivity contribution is 8.02. The molecule has 0 aromatic carbocycles. The van der Waals surface area contributed by atoms with Gasteiger partial charge in [0.2, 0.25) is 0 Å². The van der Waals surface area contributed by atoms with Crippen molar-refractivity contribution in [3.8, 4) is 0 Å². The van der Waals surface area contributed by atoms with E-state index in [0.717, 1.165) is 0 Å². The van der Waals surface area contributed by atoms with Gasteiger partial charge in [-0.25, -0.2) is 0 Å². The Morgan fingerprint density at radius 3 is 1.36 bits per heavy atom. The van der Waals surface area contributed by atoms with Crippen LogP contribution in [0.15, 0.2) is 0 Å². The lowest BCUT2D eigenvalue weighted by Gasteiger charge is -2.07. The van der Waals surface area contributed by atoms with Crippen LogP contribution in [-0.4, -0.2) is 24.0 Å². The van der Waals surface area contributed by atoms with Crippen molar-refractivity contribution in [2.24, 2.45) is 0 Å². The molecule has 0 N–H and O–H groups in total. The molecule has 0 rings (SSSR count). The van der Waals surface area contributed by atoms with Gasteiger partial charge in [0.1, 0.15) is 0 Å². The van der Waals surface area contributed by atoms with E-state index in [2.05, 4.69) is 0 Å². The fraction of sp³-hybridized carbons (Fsp3) is 1.00. The zero-order chi connectivity index (χ0) is 9.02. The lowest BCUT2D eigenvalue weighted by atomic mass is 10.6. The van der Waals surface area contributed by atoms with Gasteiger partial charge in [-0.2, -0.15) is 0 Å². The Balaban J connectivity index is 3.86. The molecule has 0 fully saturated rings. The second kappa shape index (κ2) is 5.04. The van der Waals surface area contributed by atoms with Crippen molar-refractivity contribution in [3.63, 3.8) is 0 Å². The first kappa shape index (κ1) is 11.3. The molecule has 0 bridgehead atoms. The van der Waals surface area contributed by atoms with Crippen molar-refractivity contribution in [2.45, 2.75) is 38.2 Å². The minimum absolute atomic E-state index is 0.123. The average molecular weight is 196 g/mol. The minimum Gasteiger partial charge on any atom is -0.258 e. The summed E-state index contributed by atoms with van der Waals surface area (Å²) < 4.78 is 22.4. The Kier molecular flexibility index (Phi) is 5.17. The van der Waals surface area contributed by atoms with Crippen molar-refractivity contribution in [1.82, 2.24) is 0 Å². The molecule has 68 valence electrons. The molecule has 0 radical (unpaired) electrons. The molecular weight excluding hydrogens is 180 g/mol. The monoisotopic (exact) mass is 196 g/mol. The molecule has 0 heterocycles. The quantitative estimate of drug-likeness (QED) is 0.678. The molecule has 0 spiro atoms. The summed E-state index contributed by atoms with van der Waals surface area (Å²) in [5.41, 5.74) is 0. The highest BCUT2D eigenvalue weighted by Gasteiger charge is 2.12. The van der Waals surface area contributed by atoms with Gasteiger partial charge in [0, 0.05) is 32.1 Å². The Labute approximate surface area is 73.7 Å². The van der Waals surface area contributed by atoms with Gasteiger partial charge in [-0.1, -0.05) is 27.7 Å². The summed E-state index contributed by atoms with van der Waals surface area (Å²) in [6.07, 6.45) is 0. The van der Waals surface area contributed by atoms with Crippen LogP contribution in [0.1, 0.15) is 27.7 Å². The fourth-order valence-corrected chi connectivity index (χ4v) is 3.48. The fourth-order valence-electron chi connectivity index (χ4n) is 0.387. The summed E-state index contributed by atoms with van der Waals surface area (Å²) in [6.45, 7) is 7.53. The first-order chi connectivity index (χ1) is 4.95. The lowest BCUT2D eigenvalue weighted by molar-refractivity contribution is 0.672. The molecule has 2 unspecified atom stereocenters. The van der Waals surface area contributed by atoms with E-state index in [1.54, 1.807) is 0 Å². The SMILES string of the molecule is CC(C)S(=O)CS(=O)C(C)C. The van der Waals surface area contributed by atoms with Gasteiger partial charge in [-0.05, 0) is 0 Å². The van der Waals surface area contributed by atoms with Crippen LogP contribution in [0.25, 0.3) is 0 Å². The second-order valence-corrected chi connectivity index (χ2v) is 7.33. The van der Waals surface area contributed by atoms with Gasteiger partial charge in [0.15, 0.2) is 0 Å². The van der Waals surface area contributed by atoms with Crippen LogP contribution in [-0.2, 0) is 21.6 Å². The Morgan fingerprint density at radius 2 is 1.18 bits per heavy atom. The zero-order valence-electron chi connectivity index (χ0n) is 7.49. The highest BCUT2D eigenvalue weighted by Crippen LogP contribution is 2.01. The molecule has 2 nitrogen and oxygen atoms in total. The van der Waals surface area contributed by atoms with E-state index in [0.29, 0.717) is 5.08 Å². The molecule has 0 aromatic heterocycles. The maximum absolute atomic E-state index is 11.2. The van der Waals surface area contributed by atoms with E-state index >= 15 is 0 Å². The largest absolute Gasteiger partial charge is 0.258 e. The van der Waals surface area contributed by atoms with Gasteiger partial charge in [-0.15, -0.1) is 0 Å². The van der Waals surface area contributed by atoms with E-state index < -0.39 is 21.6 Å². The van der Waals surface area contributed by atoms with Crippen molar-refractivity contribution < 1.29 is 8.42 Å². The molecule has 0 saturated heterocycles.